The Balaban J connectivity index is 0.00000369. The third-order valence-electron chi connectivity index (χ3n) is 17.1. The number of fused-ring (bicyclic) bond motifs is 3. The molecule has 6 amide bonds. The monoisotopic (exact) mass is 1200 g/mol. The number of anilines is 2. The molecule has 8 atom stereocenters. The van der Waals surface area contributed by atoms with Gasteiger partial charge in [-0.3, -0.25) is 38.6 Å². The van der Waals surface area contributed by atoms with Crippen LogP contribution in [0.2, 0.25) is 0 Å². The third kappa shape index (κ3) is 15.4. The third-order valence-corrected chi connectivity index (χ3v) is 17.1. The molecule has 21 heteroatoms. The van der Waals surface area contributed by atoms with Crippen LogP contribution in [0.25, 0.3) is 0 Å². The van der Waals surface area contributed by atoms with Crippen molar-refractivity contribution in [2.45, 2.75) is 135 Å². The number of hydrogen-bond donors (Lipinski definition) is 6. The number of hydrogen-bond acceptors (Lipinski definition) is 11. The van der Waals surface area contributed by atoms with E-state index in [0.717, 1.165) is 66.7 Å². The van der Waals surface area contributed by atoms with Crippen LogP contribution in [0.3, 0.4) is 0 Å². The van der Waals surface area contributed by atoms with Crippen LogP contribution < -0.4 is 36.8 Å². The number of nitrogens with one attached hydrogen (secondary N) is 6. The average Bonchev–Trinajstić information content (AvgIpc) is 3.88. The molecule has 0 radical (unpaired) electrons. The maximum atomic E-state index is 14.9. The van der Waals surface area contributed by atoms with Gasteiger partial charge in [0.2, 0.25) is 35.4 Å². The minimum Gasteiger partial charge on any atom is -0.379 e. The van der Waals surface area contributed by atoms with Crippen LogP contribution in [0, 0.1) is 11.2 Å². The topological polar surface area (TPSA) is 197 Å². The summed E-state index contributed by atoms with van der Waals surface area (Å²) in [6.07, 6.45) is 3.31. The molecule has 0 bridgehead atoms. The molecule has 5 aliphatic rings. The molecule has 0 spiro atoms. The molecule has 4 heterocycles. The van der Waals surface area contributed by atoms with E-state index in [0.29, 0.717) is 43.1 Å². The summed E-state index contributed by atoms with van der Waals surface area (Å²) in [5, 5.41) is 18.6. The summed E-state index contributed by atoms with van der Waals surface area (Å²) >= 11 is 0. The van der Waals surface area contributed by atoms with Gasteiger partial charge in [0.05, 0.1) is 43.8 Å². The van der Waals surface area contributed by atoms with Crippen molar-refractivity contribution in [2.24, 2.45) is 5.41 Å². The number of carbonyl (C=O) groups excluding carboxylic acids is 6. The smallest absolute Gasteiger partial charge is 0.246 e. The largest absolute Gasteiger partial charge is 0.379 e. The summed E-state index contributed by atoms with van der Waals surface area (Å²) in [7, 11) is 1.67. The number of carbonyl (C=O) groups is 6. The average molecular weight is 1210 g/mol. The number of aryl methyl sites for hydroxylation is 1. The van der Waals surface area contributed by atoms with Crippen LogP contribution in [0.5, 0.6) is 0 Å². The van der Waals surface area contributed by atoms with Crippen molar-refractivity contribution in [2.75, 3.05) is 76.3 Å². The fraction of sp³-hybridized carbons (Fsp3) is 0.516. The molecule has 6 N–H and O–H groups in total. The van der Waals surface area contributed by atoms with Crippen molar-refractivity contribution >= 4 is 84.0 Å². The van der Waals surface area contributed by atoms with Gasteiger partial charge < -0.3 is 46.4 Å². The molecule has 4 aliphatic heterocycles. The molecule has 0 unspecified atom stereocenters. The van der Waals surface area contributed by atoms with E-state index >= 15 is 0 Å². The van der Waals surface area contributed by atoms with E-state index in [9.17, 15) is 33.2 Å². The minimum atomic E-state index is -1.22. The van der Waals surface area contributed by atoms with Gasteiger partial charge >= 0.3 is 0 Å². The standard InChI is InChI=1S/C62H81FN10O7.3ClH/c1-38-32-71(48(30-65-38)34-70-24-25-80-36-39(70)2)35-55(75)73-37-62(7,50-23-18-42(27-52(50)73)26-41-16-20-46(63)21-17-41)60(79)66-31-54(74)67-47-22-19-44-29-53(58(77)68-51-15-11-13-43-12-9-10-14-49(43)51)72(33-45(44)28-47)59(78)56(61(4,5)6)69-57(76)40(3)64-8;;;/h9-10,12,14,16-23,27-28,38-40,48,51,53,56,64-65H,11,13,15,24-26,29-37H2,1-8H3,(H,66,79)(H,67,74)(H,68,77)(H,69,76);3*1H/t38-,39-,40+,48-,51-,53+,56-,62+;;;/m1.../s1. The Morgan fingerprint density at radius 1 is 0.892 bits per heavy atom. The van der Waals surface area contributed by atoms with Gasteiger partial charge in [-0.05, 0) is 135 Å². The van der Waals surface area contributed by atoms with E-state index < -0.39 is 46.7 Å². The van der Waals surface area contributed by atoms with E-state index in [2.05, 4.69) is 61.6 Å². The summed E-state index contributed by atoms with van der Waals surface area (Å²) in [6, 6.07) is 23.5. The van der Waals surface area contributed by atoms with E-state index in [1.54, 1.807) is 55.0 Å². The number of morpholine rings is 1. The molecule has 0 aromatic heterocycles. The maximum Gasteiger partial charge on any atom is 0.246 e. The molecular weight excluding hydrogens is 1120 g/mol. The summed E-state index contributed by atoms with van der Waals surface area (Å²) in [5.74, 6) is -2.39. The highest BCUT2D eigenvalue weighted by molar-refractivity contribution is 6.04. The molecule has 9 rings (SSSR count). The molecule has 83 heavy (non-hydrogen) atoms. The fourth-order valence-electron chi connectivity index (χ4n) is 12.2. The van der Waals surface area contributed by atoms with Crippen LogP contribution in [0.4, 0.5) is 15.8 Å². The van der Waals surface area contributed by atoms with Gasteiger partial charge in [0.1, 0.15) is 17.9 Å². The zero-order chi connectivity index (χ0) is 57.0. The van der Waals surface area contributed by atoms with Crippen LogP contribution in [0.15, 0.2) is 84.9 Å². The number of benzene rings is 4. The number of nitrogens with zero attached hydrogens (tertiary/aromatic N) is 4. The maximum absolute atomic E-state index is 14.9. The lowest BCUT2D eigenvalue weighted by Crippen LogP contribution is -2.62. The molecule has 0 saturated carbocycles. The van der Waals surface area contributed by atoms with E-state index in [1.807, 2.05) is 63.2 Å². The second-order valence-corrected chi connectivity index (χ2v) is 24.1. The molecule has 2 fully saturated rings. The van der Waals surface area contributed by atoms with Gasteiger partial charge in [0.25, 0.3) is 0 Å². The number of likely N-dealkylation sites (N-methyl/N-ethyl adjacent to an activating group) is 1. The second kappa shape index (κ2) is 28.5. The van der Waals surface area contributed by atoms with Crippen molar-refractivity contribution in [3.8, 4) is 0 Å². The van der Waals surface area contributed by atoms with Gasteiger partial charge in [-0.25, -0.2) is 4.39 Å². The lowest BCUT2D eigenvalue weighted by molar-refractivity contribution is -0.147. The Bertz CT molecular complexity index is 2970. The highest BCUT2D eigenvalue weighted by Gasteiger charge is 2.48. The Morgan fingerprint density at radius 3 is 2.35 bits per heavy atom. The SMILES string of the molecule is CN[C@@H](C)C(=O)N[C@H](C(=O)N1Cc2cc(NC(=O)CNC(=O)[C@@]3(C)CN(C(=O)CN4C[C@@H](C)NC[C@@H]4CN4CCOC[C@H]4C)c4cc(Cc5ccc(F)cc5)ccc43)ccc2C[C@H]1C(=O)N[C@@H]1CCCc2ccccc21)C(C)(C)C.Cl.Cl.Cl. The lowest BCUT2D eigenvalue weighted by Gasteiger charge is -2.43. The van der Waals surface area contributed by atoms with Crippen molar-refractivity contribution in [1.82, 2.24) is 41.3 Å². The number of amides is 6. The first kappa shape index (κ1) is 66.4. The van der Waals surface area contributed by atoms with E-state index in [-0.39, 0.29) is 118 Å². The molecule has 452 valence electrons. The number of ether oxygens (including phenoxy) is 1. The summed E-state index contributed by atoms with van der Waals surface area (Å²) in [4.78, 5) is 94.1. The van der Waals surface area contributed by atoms with Crippen LogP contribution in [-0.4, -0.2) is 152 Å². The zero-order valence-corrected chi connectivity index (χ0v) is 51.4. The molecule has 17 nitrogen and oxygen atoms in total. The van der Waals surface area contributed by atoms with Gasteiger partial charge in [-0.1, -0.05) is 75.4 Å². The first-order valence-electron chi connectivity index (χ1n) is 28.5. The van der Waals surface area contributed by atoms with Crippen LogP contribution in [-0.2, 0) is 64.7 Å². The molecule has 2 saturated heterocycles. The number of rotatable bonds is 16. The van der Waals surface area contributed by atoms with Crippen molar-refractivity contribution in [3.05, 3.63) is 130 Å². The lowest BCUT2D eigenvalue weighted by atomic mass is 9.83. The zero-order valence-electron chi connectivity index (χ0n) is 49.0. The summed E-state index contributed by atoms with van der Waals surface area (Å²) in [6.45, 7) is 17.7. The van der Waals surface area contributed by atoms with Crippen LogP contribution in [0.1, 0.15) is 106 Å². The van der Waals surface area contributed by atoms with Crippen LogP contribution >= 0.6 is 37.2 Å². The Hall–Kier alpha value is -5.70. The highest BCUT2D eigenvalue weighted by atomic mass is 35.5. The van der Waals surface area contributed by atoms with E-state index in [1.165, 1.54) is 17.7 Å². The Morgan fingerprint density at radius 2 is 1.63 bits per heavy atom. The Labute approximate surface area is 506 Å². The Kier molecular flexibility index (Phi) is 22.8. The van der Waals surface area contributed by atoms with Gasteiger partial charge in [-0.15, -0.1) is 37.2 Å². The van der Waals surface area contributed by atoms with Crippen molar-refractivity contribution in [1.29, 1.82) is 0 Å². The predicted octanol–water partition coefficient (Wildman–Crippen LogP) is 6.01. The quantitative estimate of drug-likeness (QED) is 0.0769. The van der Waals surface area contributed by atoms with Gasteiger partial charge in [0.15, 0.2) is 0 Å². The summed E-state index contributed by atoms with van der Waals surface area (Å²) in [5.41, 5.74) is 5.41. The number of halogens is 4. The minimum absolute atomic E-state index is 0. The predicted molar refractivity (Wildman–Crippen MR) is 328 cm³/mol. The molecule has 1 aliphatic carbocycles. The van der Waals surface area contributed by atoms with Crippen molar-refractivity contribution in [3.63, 3.8) is 0 Å². The van der Waals surface area contributed by atoms with Crippen molar-refractivity contribution < 1.29 is 37.9 Å². The fourth-order valence-corrected chi connectivity index (χ4v) is 12.2. The molecule has 4 aromatic rings. The normalized spacial score (nSPS) is 23.0. The summed E-state index contributed by atoms with van der Waals surface area (Å²) < 4.78 is 19.6. The van der Waals surface area contributed by atoms with E-state index in [4.69, 9.17) is 4.74 Å². The first-order chi connectivity index (χ1) is 38.2. The first-order valence-corrected chi connectivity index (χ1v) is 28.5. The van der Waals surface area contributed by atoms with Gasteiger partial charge in [0, 0.05) is 75.2 Å². The molecular formula is C62H84Cl3FN10O7. The second-order valence-electron chi connectivity index (χ2n) is 24.1. The number of piperazine rings is 1. The molecule has 4 aromatic carbocycles. The highest BCUT2D eigenvalue weighted by Crippen LogP contribution is 2.42. The van der Waals surface area contributed by atoms with Gasteiger partial charge in [-0.2, -0.15) is 0 Å².